The summed E-state index contributed by atoms with van der Waals surface area (Å²) in [7, 11) is 6.22. The standard InChI is InChI=1S/C16H25NO8/c1-11-12(7-6-8-24-9-10-25-17(18)19)14(21-3)16(23-5)15(22-4)13(11)20-2/h6-10H2,1-5H3. The lowest BCUT2D eigenvalue weighted by Gasteiger charge is -2.21. The van der Waals surface area contributed by atoms with Crippen LogP contribution in [0.2, 0.25) is 0 Å². The largest absolute Gasteiger partial charge is 0.492 e. The highest BCUT2D eigenvalue weighted by Gasteiger charge is 2.24. The third-order valence-electron chi connectivity index (χ3n) is 3.64. The zero-order valence-electron chi connectivity index (χ0n) is 15.2. The summed E-state index contributed by atoms with van der Waals surface area (Å²) in [5.74, 6) is 2.14. The van der Waals surface area contributed by atoms with Crippen LogP contribution in [0.5, 0.6) is 23.0 Å². The molecule has 0 radical (unpaired) electrons. The number of hydrogen-bond donors (Lipinski definition) is 0. The first-order valence-electron chi connectivity index (χ1n) is 7.72. The Morgan fingerprint density at radius 2 is 1.40 bits per heavy atom. The molecule has 0 aliphatic rings. The molecular formula is C16H25NO8. The van der Waals surface area contributed by atoms with Crippen LogP contribution in [0.25, 0.3) is 0 Å². The van der Waals surface area contributed by atoms with Gasteiger partial charge in [-0.25, -0.2) is 0 Å². The van der Waals surface area contributed by atoms with Crippen LogP contribution in [0.3, 0.4) is 0 Å². The molecule has 0 spiro atoms. The molecule has 25 heavy (non-hydrogen) atoms. The van der Waals surface area contributed by atoms with Crippen molar-refractivity contribution in [2.24, 2.45) is 0 Å². The van der Waals surface area contributed by atoms with Gasteiger partial charge in [0.1, 0.15) is 6.61 Å². The van der Waals surface area contributed by atoms with Crippen molar-refractivity contribution in [1.29, 1.82) is 0 Å². The average Bonchev–Trinajstić information content (AvgIpc) is 2.60. The second kappa shape index (κ2) is 10.4. The Hall–Kier alpha value is -2.42. The molecule has 0 saturated carbocycles. The van der Waals surface area contributed by atoms with Crippen LogP contribution in [0.4, 0.5) is 0 Å². The zero-order chi connectivity index (χ0) is 18.8. The summed E-state index contributed by atoms with van der Waals surface area (Å²) in [6, 6.07) is 0. The molecule has 0 amide bonds. The highest BCUT2D eigenvalue weighted by molar-refractivity contribution is 5.66. The molecule has 0 aliphatic heterocycles. The van der Waals surface area contributed by atoms with E-state index in [1.165, 1.54) is 7.11 Å². The molecule has 9 heteroatoms. The van der Waals surface area contributed by atoms with Crippen molar-refractivity contribution in [2.75, 3.05) is 48.3 Å². The van der Waals surface area contributed by atoms with Crippen molar-refractivity contribution in [3.63, 3.8) is 0 Å². The van der Waals surface area contributed by atoms with Crippen LogP contribution in [0.1, 0.15) is 17.5 Å². The fraction of sp³-hybridized carbons (Fsp3) is 0.625. The van der Waals surface area contributed by atoms with Gasteiger partial charge >= 0.3 is 0 Å². The predicted molar refractivity (Wildman–Crippen MR) is 89.5 cm³/mol. The molecule has 0 aromatic heterocycles. The molecular weight excluding hydrogens is 334 g/mol. The van der Waals surface area contributed by atoms with Gasteiger partial charge in [0.2, 0.25) is 11.5 Å². The molecule has 0 aliphatic carbocycles. The molecule has 1 aromatic carbocycles. The van der Waals surface area contributed by atoms with Crippen LogP contribution in [-0.2, 0) is 16.0 Å². The summed E-state index contributed by atoms with van der Waals surface area (Å²) in [4.78, 5) is 14.2. The van der Waals surface area contributed by atoms with Crippen LogP contribution in [0.15, 0.2) is 0 Å². The number of nitrogens with zero attached hydrogens (tertiary/aromatic N) is 1. The highest BCUT2D eigenvalue weighted by atomic mass is 17.0. The first-order chi connectivity index (χ1) is 12.0. The number of ether oxygens (including phenoxy) is 5. The Balaban J connectivity index is 2.83. The minimum Gasteiger partial charge on any atom is -0.492 e. The van der Waals surface area contributed by atoms with Crippen molar-refractivity contribution >= 4 is 0 Å². The minimum absolute atomic E-state index is 0.0838. The molecule has 0 unspecified atom stereocenters. The highest BCUT2D eigenvalue weighted by Crippen LogP contribution is 2.49. The molecule has 1 rings (SSSR count). The maximum atomic E-state index is 10.0. The Bertz CT molecular complexity index is 576. The predicted octanol–water partition coefficient (Wildman–Crippen LogP) is 2.19. The lowest BCUT2D eigenvalue weighted by molar-refractivity contribution is -0.758. The summed E-state index contributed by atoms with van der Waals surface area (Å²) >= 11 is 0. The average molecular weight is 359 g/mol. The van der Waals surface area contributed by atoms with E-state index in [-0.39, 0.29) is 13.2 Å². The molecule has 0 saturated heterocycles. The first kappa shape index (κ1) is 20.6. The summed E-state index contributed by atoms with van der Waals surface area (Å²) in [6.45, 7) is 2.43. The van der Waals surface area contributed by atoms with Gasteiger partial charge in [-0.1, -0.05) is 0 Å². The molecule has 9 nitrogen and oxygen atoms in total. The van der Waals surface area contributed by atoms with E-state index in [4.69, 9.17) is 23.7 Å². The van der Waals surface area contributed by atoms with Crippen molar-refractivity contribution in [3.05, 3.63) is 21.2 Å². The smallest absolute Gasteiger partial charge is 0.294 e. The maximum Gasteiger partial charge on any atom is 0.294 e. The van der Waals surface area contributed by atoms with Gasteiger partial charge in [0, 0.05) is 17.7 Å². The molecule has 0 N–H and O–H groups in total. The Morgan fingerprint density at radius 3 is 1.92 bits per heavy atom. The zero-order valence-corrected chi connectivity index (χ0v) is 15.2. The number of benzene rings is 1. The normalized spacial score (nSPS) is 10.3. The van der Waals surface area contributed by atoms with E-state index in [0.717, 1.165) is 11.1 Å². The van der Waals surface area contributed by atoms with E-state index in [0.29, 0.717) is 42.4 Å². The Kier molecular flexibility index (Phi) is 8.62. The van der Waals surface area contributed by atoms with Crippen molar-refractivity contribution < 1.29 is 33.6 Å². The number of rotatable bonds is 12. The van der Waals surface area contributed by atoms with Gasteiger partial charge in [0.25, 0.3) is 5.09 Å². The maximum absolute atomic E-state index is 10.0. The fourth-order valence-electron chi connectivity index (χ4n) is 2.58. The van der Waals surface area contributed by atoms with Crippen LogP contribution in [0, 0.1) is 17.0 Å². The van der Waals surface area contributed by atoms with Gasteiger partial charge < -0.3 is 28.5 Å². The third-order valence-corrected chi connectivity index (χ3v) is 3.64. The van der Waals surface area contributed by atoms with Gasteiger partial charge in [-0.05, 0) is 19.8 Å². The van der Waals surface area contributed by atoms with E-state index >= 15 is 0 Å². The number of methoxy groups -OCH3 is 4. The first-order valence-corrected chi connectivity index (χ1v) is 7.72. The van der Waals surface area contributed by atoms with Crippen LogP contribution >= 0.6 is 0 Å². The minimum atomic E-state index is -0.840. The van der Waals surface area contributed by atoms with E-state index in [1.807, 2.05) is 6.92 Å². The van der Waals surface area contributed by atoms with E-state index in [1.54, 1.807) is 21.3 Å². The van der Waals surface area contributed by atoms with Crippen molar-refractivity contribution in [1.82, 2.24) is 0 Å². The Morgan fingerprint density at radius 1 is 0.840 bits per heavy atom. The SMILES string of the molecule is COc1c(C)c(CCCOCCO[N+](=O)[O-])c(OC)c(OC)c1OC. The second-order valence-corrected chi connectivity index (χ2v) is 5.01. The monoisotopic (exact) mass is 359 g/mol. The summed E-state index contributed by atoms with van der Waals surface area (Å²) < 4.78 is 27.1. The van der Waals surface area contributed by atoms with Crippen LogP contribution in [-0.4, -0.2) is 53.3 Å². The Labute approximate surface area is 146 Å². The second-order valence-electron chi connectivity index (χ2n) is 5.01. The fourth-order valence-corrected chi connectivity index (χ4v) is 2.58. The van der Waals surface area contributed by atoms with E-state index in [2.05, 4.69) is 4.84 Å². The lowest BCUT2D eigenvalue weighted by atomic mass is 10.00. The molecule has 0 fully saturated rings. The third kappa shape index (κ3) is 5.28. The van der Waals surface area contributed by atoms with E-state index in [9.17, 15) is 10.1 Å². The quantitative estimate of drug-likeness (QED) is 0.318. The molecule has 0 atom stereocenters. The summed E-state index contributed by atoms with van der Waals surface area (Å²) in [6.07, 6.45) is 1.34. The molecule has 0 bridgehead atoms. The molecule has 0 heterocycles. The number of hydrogen-bond acceptors (Lipinski definition) is 8. The molecule has 142 valence electrons. The van der Waals surface area contributed by atoms with E-state index < -0.39 is 5.09 Å². The van der Waals surface area contributed by atoms with Crippen molar-refractivity contribution in [3.8, 4) is 23.0 Å². The summed E-state index contributed by atoms with van der Waals surface area (Å²) in [5.41, 5.74) is 1.83. The van der Waals surface area contributed by atoms with Crippen LogP contribution < -0.4 is 18.9 Å². The summed E-state index contributed by atoms with van der Waals surface area (Å²) in [5, 5.41) is 9.19. The van der Waals surface area contributed by atoms with Crippen molar-refractivity contribution in [2.45, 2.75) is 19.8 Å². The molecule has 1 aromatic rings. The topological polar surface area (TPSA) is 98.5 Å². The van der Waals surface area contributed by atoms with Gasteiger partial charge in [0.05, 0.1) is 35.0 Å². The van der Waals surface area contributed by atoms with Gasteiger partial charge in [-0.2, -0.15) is 0 Å². The van der Waals surface area contributed by atoms with Gasteiger partial charge in [0.15, 0.2) is 11.5 Å². The van der Waals surface area contributed by atoms with Gasteiger partial charge in [-0.15, -0.1) is 10.1 Å². The lowest BCUT2D eigenvalue weighted by Crippen LogP contribution is -2.10. The van der Waals surface area contributed by atoms with Gasteiger partial charge in [-0.3, -0.25) is 0 Å².